The smallest absolute Gasteiger partial charge is 0.234 e. The van der Waals surface area contributed by atoms with Gasteiger partial charge in [-0.25, -0.2) is 0 Å². The summed E-state index contributed by atoms with van der Waals surface area (Å²) in [4.78, 5) is 12.3. The fraction of sp³-hybridized carbons (Fsp3) is 0.190. The summed E-state index contributed by atoms with van der Waals surface area (Å²) < 4.78 is 18.2. The van der Waals surface area contributed by atoms with Gasteiger partial charge in [0.15, 0.2) is 28.1 Å². The van der Waals surface area contributed by atoms with E-state index >= 15 is 0 Å². The molecule has 0 bridgehead atoms. The van der Waals surface area contributed by atoms with Crippen molar-refractivity contribution in [3.05, 3.63) is 48.5 Å². The Bertz CT molecular complexity index is 1180. The topological polar surface area (TPSA) is 91.4 Å². The number of benzene rings is 2. The summed E-state index contributed by atoms with van der Waals surface area (Å²) in [5.74, 6) is 2.61. The largest absolute Gasteiger partial charge is 0.497 e. The van der Waals surface area contributed by atoms with Crippen molar-refractivity contribution >= 4 is 34.3 Å². The molecule has 154 valence electrons. The number of thioether (sulfide) groups is 1. The van der Waals surface area contributed by atoms with Gasteiger partial charge >= 0.3 is 0 Å². The second-order valence-electron chi connectivity index (χ2n) is 6.42. The molecule has 0 saturated carbocycles. The molecule has 4 aromatic rings. The van der Waals surface area contributed by atoms with Crippen LogP contribution in [0.1, 0.15) is 0 Å². The fourth-order valence-electron chi connectivity index (χ4n) is 2.96. The summed E-state index contributed by atoms with van der Waals surface area (Å²) in [7, 11) is 5.04. The average Bonchev–Trinajstić information content (AvgIpc) is 3.35. The zero-order valence-corrected chi connectivity index (χ0v) is 17.5. The van der Waals surface area contributed by atoms with Crippen LogP contribution in [0.25, 0.3) is 22.6 Å². The van der Waals surface area contributed by atoms with Crippen molar-refractivity contribution in [2.45, 2.75) is 5.16 Å². The second kappa shape index (κ2) is 8.50. The van der Waals surface area contributed by atoms with Crippen LogP contribution >= 0.6 is 11.8 Å². The minimum atomic E-state index is -0.136. The highest BCUT2D eigenvalue weighted by Gasteiger charge is 2.17. The number of hydrogen-bond acceptors (Lipinski definition) is 7. The third-order valence-corrected chi connectivity index (χ3v) is 5.51. The van der Waals surface area contributed by atoms with Gasteiger partial charge in [0.2, 0.25) is 5.91 Å². The van der Waals surface area contributed by atoms with Crippen LogP contribution in [0.15, 0.2) is 58.1 Å². The van der Waals surface area contributed by atoms with E-state index in [-0.39, 0.29) is 11.7 Å². The van der Waals surface area contributed by atoms with Crippen LogP contribution in [0.2, 0.25) is 0 Å². The lowest BCUT2D eigenvalue weighted by Gasteiger charge is -2.06. The van der Waals surface area contributed by atoms with Crippen LogP contribution in [-0.2, 0) is 11.8 Å². The van der Waals surface area contributed by atoms with Gasteiger partial charge in [-0.05, 0) is 36.4 Å². The highest BCUT2D eigenvalue weighted by molar-refractivity contribution is 7.99. The predicted molar refractivity (Wildman–Crippen MR) is 115 cm³/mol. The zero-order valence-electron chi connectivity index (χ0n) is 16.7. The molecule has 0 fully saturated rings. The van der Waals surface area contributed by atoms with Gasteiger partial charge in [-0.2, -0.15) is 0 Å². The monoisotopic (exact) mass is 424 g/mol. The number of ether oxygens (including phenoxy) is 2. The standard InChI is InChI=1S/C21H20N4O4S/c1-25-20(17-11-13-5-4-6-16(28-3)19(13)29-17)23-24-21(25)30-12-18(26)22-14-7-9-15(27-2)10-8-14/h4-11H,12H2,1-3H3,(H,22,26). The molecule has 0 aliphatic rings. The molecular formula is C21H20N4O4S. The number of hydrogen-bond donors (Lipinski definition) is 1. The zero-order chi connectivity index (χ0) is 21.1. The Kier molecular flexibility index (Phi) is 5.62. The molecule has 0 spiro atoms. The van der Waals surface area contributed by atoms with Crippen molar-refractivity contribution in [3.63, 3.8) is 0 Å². The summed E-state index contributed by atoms with van der Waals surface area (Å²) in [6, 6.07) is 14.7. The third kappa shape index (κ3) is 3.97. The predicted octanol–water partition coefficient (Wildman–Crippen LogP) is 3.98. The minimum Gasteiger partial charge on any atom is -0.497 e. The number of anilines is 1. The first-order valence-corrected chi connectivity index (χ1v) is 10.1. The molecule has 0 atom stereocenters. The van der Waals surface area contributed by atoms with E-state index in [9.17, 15) is 4.79 Å². The maximum Gasteiger partial charge on any atom is 0.234 e. The molecule has 0 unspecified atom stereocenters. The Morgan fingerprint density at radius 3 is 2.67 bits per heavy atom. The number of furan rings is 1. The molecule has 1 amide bonds. The lowest BCUT2D eigenvalue weighted by atomic mass is 10.2. The number of para-hydroxylation sites is 1. The van der Waals surface area contributed by atoms with E-state index in [0.717, 1.165) is 11.1 Å². The van der Waals surface area contributed by atoms with E-state index in [4.69, 9.17) is 13.9 Å². The second-order valence-corrected chi connectivity index (χ2v) is 7.36. The van der Waals surface area contributed by atoms with Crippen LogP contribution < -0.4 is 14.8 Å². The molecule has 4 rings (SSSR count). The number of fused-ring (bicyclic) bond motifs is 1. The normalized spacial score (nSPS) is 10.9. The van der Waals surface area contributed by atoms with E-state index in [0.29, 0.717) is 33.8 Å². The van der Waals surface area contributed by atoms with Gasteiger partial charge in [-0.1, -0.05) is 23.9 Å². The third-order valence-electron chi connectivity index (χ3n) is 4.49. The summed E-state index contributed by atoms with van der Waals surface area (Å²) in [5.41, 5.74) is 1.36. The molecular weight excluding hydrogens is 404 g/mol. The Labute approximate surface area is 177 Å². The number of methoxy groups -OCH3 is 2. The van der Waals surface area contributed by atoms with Crippen LogP contribution in [0.5, 0.6) is 11.5 Å². The van der Waals surface area contributed by atoms with Crippen LogP contribution in [0.4, 0.5) is 5.69 Å². The van der Waals surface area contributed by atoms with Crippen LogP contribution in [0.3, 0.4) is 0 Å². The number of carbonyl (C=O) groups is 1. The van der Waals surface area contributed by atoms with E-state index < -0.39 is 0 Å². The Balaban J connectivity index is 1.45. The molecule has 2 aromatic heterocycles. The van der Waals surface area contributed by atoms with Gasteiger partial charge in [0.25, 0.3) is 0 Å². The van der Waals surface area contributed by atoms with Gasteiger partial charge in [0.1, 0.15) is 5.75 Å². The van der Waals surface area contributed by atoms with Crippen molar-refractivity contribution in [3.8, 4) is 23.1 Å². The number of carbonyl (C=O) groups excluding carboxylic acids is 1. The number of nitrogens with one attached hydrogen (secondary N) is 1. The number of nitrogens with zero attached hydrogens (tertiary/aromatic N) is 3. The van der Waals surface area contributed by atoms with E-state index in [1.165, 1.54) is 11.8 Å². The number of amides is 1. The van der Waals surface area contributed by atoms with Crippen LogP contribution in [0, 0.1) is 0 Å². The summed E-state index contributed by atoms with van der Waals surface area (Å²) in [5, 5.41) is 12.8. The molecule has 2 aromatic carbocycles. The minimum absolute atomic E-state index is 0.136. The highest BCUT2D eigenvalue weighted by atomic mass is 32.2. The molecule has 1 N–H and O–H groups in total. The summed E-state index contributed by atoms with van der Waals surface area (Å²) in [6.45, 7) is 0. The van der Waals surface area contributed by atoms with Gasteiger partial charge in [-0.3, -0.25) is 4.79 Å². The number of rotatable bonds is 7. The fourth-order valence-corrected chi connectivity index (χ4v) is 3.67. The molecule has 0 radical (unpaired) electrons. The molecule has 0 aliphatic carbocycles. The van der Waals surface area contributed by atoms with Crippen LogP contribution in [-0.4, -0.2) is 40.6 Å². The van der Waals surface area contributed by atoms with Gasteiger partial charge in [0.05, 0.1) is 20.0 Å². The lowest BCUT2D eigenvalue weighted by Crippen LogP contribution is -2.14. The van der Waals surface area contributed by atoms with E-state index in [1.54, 1.807) is 43.1 Å². The maximum atomic E-state index is 12.3. The average molecular weight is 424 g/mol. The van der Waals surface area contributed by atoms with E-state index in [2.05, 4.69) is 15.5 Å². The quantitative estimate of drug-likeness (QED) is 0.449. The molecule has 8 nitrogen and oxygen atoms in total. The summed E-state index contributed by atoms with van der Waals surface area (Å²) >= 11 is 1.30. The molecule has 2 heterocycles. The van der Waals surface area contributed by atoms with Gasteiger partial charge in [0, 0.05) is 18.1 Å². The SMILES string of the molecule is COc1ccc(NC(=O)CSc2nnc(-c3cc4cccc(OC)c4o3)n2C)cc1. The molecule has 9 heteroatoms. The molecule has 30 heavy (non-hydrogen) atoms. The Morgan fingerprint density at radius 2 is 1.93 bits per heavy atom. The molecule has 0 aliphatic heterocycles. The van der Waals surface area contributed by atoms with Gasteiger partial charge < -0.3 is 23.8 Å². The van der Waals surface area contributed by atoms with Crippen molar-refractivity contribution in [1.29, 1.82) is 0 Å². The first-order valence-electron chi connectivity index (χ1n) is 9.12. The first-order chi connectivity index (χ1) is 14.6. The van der Waals surface area contributed by atoms with Crippen molar-refractivity contribution in [1.82, 2.24) is 14.8 Å². The summed E-state index contributed by atoms with van der Waals surface area (Å²) in [6.07, 6.45) is 0. The van der Waals surface area contributed by atoms with Crippen molar-refractivity contribution < 1.29 is 18.7 Å². The van der Waals surface area contributed by atoms with Crippen molar-refractivity contribution in [2.75, 3.05) is 25.3 Å². The van der Waals surface area contributed by atoms with Crippen molar-refractivity contribution in [2.24, 2.45) is 7.05 Å². The lowest BCUT2D eigenvalue weighted by molar-refractivity contribution is -0.113. The Morgan fingerprint density at radius 1 is 1.13 bits per heavy atom. The van der Waals surface area contributed by atoms with Gasteiger partial charge in [-0.15, -0.1) is 10.2 Å². The van der Waals surface area contributed by atoms with E-state index in [1.807, 2.05) is 31.3 Å². The number of aromatic nitrogens is 3. The Hall–Kier alpha value is -3.46. The first kappa shape index (κ1) is 19.8. The maximum absolute atomic E-state index is 12.3. The molecule has 0 saturated heterocycles. The highest BCUT2D eigenvalue weighted by Crippen LogP contribution is 2.33.